The summed E-state index contributed by atoms with van der Waals surface area (Å²) in [6.45, 7) is 3.39. The van der Waals surface area contributed by atoms with E-state index in [0.717, 1.165) is 37.2 Å². The Hall–Kier alpha value is -3.68. The van der Waals surface area contributed by atoms with Gasteiger partial charge in [0.15, 0.2) is 0 Å². The lowest BCUT2D eigenvalue weighted by molar-refractivity contribution is 0.0816. The van der Waals surface area contributed by atoms with Crippen LogP contribution < -0.4 is 5.32 Å². The molecule has 0 saturated carbocycles. The van der Waals surface area contributed by atoms with Crippen molar-refractivity contribution in [3.63, 3.8) is 0 Å². The molecular formula is C31H32ClFN4O2. The summed E-state index contributed by atoms with van der Waals surface area (Å²) >= 11 is 6.11. The third-order valence-electron chi connectivity index (χ3n) is 7.43. The molecule has 39 heavy (non-hydrogen) atoms. The van der Waals surface area contributed by atoms with Crippen LogP contribution in [0.15, 0.2) is 90.6 Å². The van der Waals surface area contributed by atoms with E-state index in [9.17, 15) is 14.0 Å². The molecule has 2 heterocycles. The minimum Gasteiger partial charge on any atom is -0.331 e. The van der Waals surface area contributed by atoms with Crippen LogP contribution in [0.2, 0.25) is 5.02 Å². The van der Waals surface area contributed by atoms with Crippen LogP contribution in [-0.4, -0.2) is 59.9 Å². The molecule has 8 heteroatoms. The minimum atomic E-state index is -0.604. The summed E-state index contributed by atoms with van der Waals surface area (Å²) in [5, 5.41) is 3.35. The first-order valence-corrected chi connectivity index (χ1v) is 13.5. The van der Waals surface area contributed by atoms with Crippen molar-refractivity contribution in [3.8, 4) is 0 Å². The number of amides is 3. The van der Waals surface area contributed by atoms with Crippen molar-refractivity contribution in [1.29, 1.82) is 0 Å². The topological polar surface area (TPSA) is 55.9 Å². The minimum absolute atomic E-state index is 0.0773. The van der Waals surface area contributed by atoms with E-state index in [-0.39, 0.29) is 28.6 Å². The highest BCUT2D eigenvalue weighted by molar-refractivity contribution is 6.33. The number of rotatable bonds is 8. The summed E-state index contributed by atoms with van der Waals surface area (Å²) in [6, 6.07) is 24.0. The van der Waals surface area contributed by atoms with Crippen molar-refractivity contribution in [2.45, 2.75) is 19.0 Å². The third kappa shape index (κ3) is 6.32. The molecule has 5 rings (SSSR count). The van der Waals surface area contributed by atoms with Crippen molar-refractivity contribution in [1.82, 2.24) is 20.0 Å². The largest absolute Gasteiger partial charge is 0.331 e. The molecule has 2 aliphatic heterocycles. The predicted octanol–water partition coefficient (Wildman–Crippen LogP) is 5.72. The molecule has 0 spiro atoms. The third-order valence-corrected chi connectivity index (χ3v) is 7.74. The maximum absolute atomic E-state index is 14.3. The van der Waals surface area contributed by atoms with Gasteiger partial charge >= 0.3 is 6.03 Å². The second kappa shape index (κ2) is 12.0. The lowest BCUT2D eigenvalue weighted by atomic mass is 10.0. The highest BCUT2D eigenvalue weighted by atomic mass is 35.5. The number of hydrogen-bond acceptors (Lipinski definition) is 3. The zero-order valence-electron chi connectivity index (χ0n) is 21.9. The normalized spacial score (nSPS) is 17.5. The van der Waals surface area contributed by atoms with Crippen LogP contribution in [0, 0.1) is 11.7 Å². The number of carbonyl (C=O) groups is 2. The molecule has 6 nitrogen and oxygen atoms in total. The molecule has 0 bridgehead atoms. The number of urea groups is 1. The zero-order chi connectivity index (χ0) is 27.4. The molecule has 2 atom stereocenters. The number of fused-ring (bicyclic) bond motifs is 1. The number of hydrogen-bond donors (Lipinski definition) is 1. The van der Waals surface area contributed by atoms with Crippen LogP contribution in [0.3, 0.4) is 0 Å². The van der Waals surface area contributed by atoms with E-state index in [1.54, 1.807) is 16.8 Å². The first-order chi connectivity index (χ1) is 18.9. The molecule has 3 amide bonds. The van der Waals surface area contributed by atoms with E-state index in [1.165, 1.54) is 23.8 Å². The Labute approximate surface area is 233 Å². The molecule has 1 saturated heterocycles. The average molecular weight is 547 g/mol. The predicted molar refractivity (Wildman–Crippen MR) is 151 cm³/mol. The molecule has 0 aliphatic carbocycles. The first kappa shape index (κ1) is 26.9. The van der Waals surface area contributed by atoms with Crippen molar-refractivity contribution in [2.75, 3.05) is 33.2 Å². The van der Waals surface area contributed by atoms with Crippen molar-refractivity contribution >= 4 is 23.5 Å². The van der Waals surface area contributed by atoms with Crippen molar-refractivity contribution < 1.29 is 14.0 Å². The second-order valence-electron chi connectivity index (χ2n) is 10.2. The second-order valence-corrected chi connectivity index (χ2v) is 10.6. The first-order valence-electron chi connectivity index (χ1n) is 13.2. The van der Waals surface area contributed by atoms with Gasteiger partial charge in [-0.25, -0.2) is 9.18 Å². The van der Waals surface area contributed by atoms with Gasteiger partial charge in [0.1, 0.15) is 5.82 Å². The summed E-state index contributed by atoms with van der Waals surface area (Å²) < 4.78 is 14.3. The van der Waals surface area contributed by atoms with Gasteiger partial charge < -0.3 is 15.1 Å². The summed E-state index contributed by atoms with van der Waals surface area (Å²) in [5.41, 5.74) is 3.23. The van der Waals surface area contributed by atoms with Crippen molar-refractivity contribution in [3.05, 3.63) is 118 Å². The van der Waals surface area contributed by atoms with E-state index in [0.29, 0.717) is 13.1 Å². The van der Waals surface area contributed by atoms with Crippen molar-refractivity contribution in [2.24, 2.45) is 5.92 Å². The van der Waals surface area contributed by atoms with Gasteiger partial charge in [-0.15, -0.1) is 0 Å². The lowest BCUT2D eigenvalue weighted by Crippen LogP contribution is -2.40. The van der Waals surface area contributed by atoms with Gasteiger partial charge in [0, 0.05) is 51.9 Å². The highest BCUT2D eigenvalue weighted by Gasteiger charge is 2.36. The molecule has 2 aliphatic rings. The number of carbonyl (C=O) groups excluding carboxylic acids is 2. The average Bonchev–Trinajstić information content (AvgIpc) is 3.51. The molecular weight excluding hydrogens is 515 g/mol. The summed E-state index contributed by atoms with van der Waals surface area (Å²) in [7, 11) is 1.81. The molecule has 0 radical (unpaired) electrons. The lowest BCUT2D eigenvalue weighted by Gasteiger charge is -2.26. The van der Waals surface area contributed by atoms with Gasteiger partial charge in [0.25, 0.3) is 5.91 Å². The SMILES string of the molecule is CN(Cc1ccccc1)C(=O)N[C@@H](CCN1CC2=CN(C(=O)c3c(F)cccc3Cl)CC2C1)c1ccccc1. The number of nitrogens with one attached hydrogen (secondary N) is 1. The van der Waals surface area contributed by atoms with Gasteiger partial charge in [-0.1, -0.05) is 78.3 Å². The van der Waals surface area contributed by atoms with E-state index < -0.39 is 11.7 Å². The maximum Gasteiger partial charge on any atom is 0.317 e. The fourth-order valence-corrected chi connectivity index (χ4v) is 5.60. The molecule has 1 fully saturated rings. The molecule has 1 N–H and O–H groups in total. The summed E-state index contributed by atoms with van der Waals surface area (Å²) in [4.78, 5) is 31.6. The highest BCUT2D eigenvalue weighted by Crippen LogP contribution is 2.32. The van der Waals surface area contributed by atoms with E-state index in [4.69, 9.17) is 11.6 Å². The molecule has 3 aromatic rings. The Kier molecular flexibility index (Phi) is 8.29. The quantitative estimate of drug-likeness (QED) is 0.393. The Bertz CT molecular complexity index is 1330. The fraction of sp³-hybridized carbons (Fsp3) is 0.290. The maximum atomic E-state index is 14.3. The Balaban J connectivity index is 1.20. The van der Waals surface area contributed by atoms with Crippen LogP contribution in [0.5, 0.6) is 0 Å². The molecule has 1 unspecified atom stereocenters. The summed E-state index contributed by atoms with van der Waals surface area (Å²) in [6.07, 6.45) is 2.60. The number of halogens is 2. The Morgan fingerprint density at radius 1 is 1.03 bits per heavy atom. The van der Waals surface area contributed by atoms with Gasteiger partial charge in [0.05, 0.1) is 16.6 Å². The van der Waals surface area contributed by atoms with Crippen LogP contribution in [-0.2, 0) is 6.54 Å². The van der Waals surface area contributed by atoms with E-state index >= 15 is 0 Å². The van der Waals surface area contributed by atoms with Gasteiger partial charge in [-0.2, -0.15) is 0 Å². The smallest absolute Gasteiger partial charge is 0.317 e. The van der Waals surface area contributed by atoms with Gasteiger partial charge in [-0.05, 0) is 35.3 Å². The number of likely N-dealkylation sites (tertiary alicyclic amines) is 1. The van der Waals surface area contributed by atoms with E-state index in [2.05, 4.69) is 10.2 Å². The monoisotopic (exact) mass is 546 g/mol. The summed E-state index contributed by atoms with van der Waals surface area (Å²) in [5.74, 6) is -0.799. The van der Waals surface area contributed by atoms with Gasteiger partial charge in [0.2, 0.25) is 0 Å². The number of benzene rings is 3. The van der Waals surface area contributed by atoms with Crippen LogP contribution >= 0.6 is 11.6 Å². The fourth-order valence-electron chi connectivity index (χ4n) is 5.36. The van der Waals surface area contributed by atoms with Crippen LogP contribution in [0.25, 0.3) is 0 Å². The number of nitrogens with zero attached hydrogens (tertiary/aromatic N) is 3. The molecule has 3 aromatic carbocycles. The molecule has 202 valence electrons. The zero-order valence-corrected chi connectivity index (χ0v) is 22.7. The van der Waals surface area contributed by atoms with Crippen LogP contribution in [0.4, 0.5) is 9.18 Å². The molecule has 0 aromatic heterocycles. The van der Waals surface area contributed by atoms with E-state index in [1.807, 2.05) is 66.9 Å². The van der Waals surface area contributed by atoms with Gasteiger partial charge in [-0.3, -0.25) is 9.69 Å². The Morgan fingerprint density at radius 2 is 1.74 bits per heavy atom. The Morgan fingerprint density at radius 3 is 2.44 bits per heavy atom. The van der Waals surface area contributed by atoms with Crippen LogP contribution in [0.1, 0.15) is 33.9 Å². The standard InChI is InChI=1S/C31H32ClFN4O2/c1-35(17-22-9-4-2-5-10-22)31(39)34-28(23-11-6-3-7-12-23)15-16-36-18-24-20-37(21-25(24)19-36)30(38)29-26(32)13-8-14-27(29)33/h2-14,20,25,28H,15-19,21H2,1H3,(H,34,39)/t25?,28-/m0/s1.